The van der Waals surface area contributed by atoms with Crippen LogP contribution in [0.25, 0.3) is 0 Å². The number of phenols is 1. The first-order valence-corrected chi connectivity index (χ1v) is 15.8. The van der Waals surface area contributed by atoms with Crippen LogP contribution in [0.4, 0.5) is 5.69 Å². The van der Waals surface area contributed by atoms with Gasteiger partial charge in [0.1, 0.15) is 23.9 Å². The van der Waals surface area contributed by atoms with E-state index in [1.165, 1.54) is 60.0 Å². The molecule has 2 unspecified atom stereocenters. The summed E-state index contributed by atoms with van der Waals surface area (Å²) in [6.07, 6.45) is 12.0. The first-order chi connectivity index (χ1) is 20.1. The molecular weight excluding hydrogens is 508 g/mol. The predicted molar refractivity (Wildman–Crippen MR) is 169 cm³/mol. The SMILES string of the molecule is CCC(Cc1ccc(OCCNCC2CCCCC2)cc1)Nc1cc(OC)ccc1C1CCc2cc(O)ccc2C1. The van der Waals surface area contributed by atoms with Crippen molar-refractivity contribution < 1.29 is 14.6 Å². The van der Waals surface area contributed by atoms with E-state index in [0.29, 0.717) is 24.3 Å². The van der Waals surface area contributed by atoms with E-state index in [-0.39, 0.29) is 0 Å². The third-order valence-electron chi connectivity index (χ3n) is 9.08. The van der Waals surface area contributed by atoms with E-state index < -0.39 is 0 Å². The second-order valence-corrected chi connectivity index (χ2v) is 12.0. The van der Waals surface area contributed by atoms with Gasteiger partial charge in [-0.3, -0.25) is 0 Å². The second-order valence-electron chi connectivity index (χ2n) is 12.0. The zero-order chi connectivity index (χ0) is 28.4. The highest BCUT2D eigenvalue weighted by atomic mass is 16.5. The lowest BCUT2D eigenvalue weighted by Gasteiger charge is -2.29. The van der Waals surface area contributed by atoms with Crippen molar-refractivity contribution >= 4 is 5.69 Å². The Hall–Kier alpha value is -3.18. The van der Waals surface area contributed by atoms with Gasteiger partial charge in [-0.15, -0.1) is 0 Å². The lowest BCUT2D eigenvalue weighted by molar-refractivity contribution is 0.294. The van der Waals surface area contributed by atoms with Crippen LogP contribution in [0.1, 0.15) is 80.0 Å². The van der Waals surface area contributed by atoms with E-state index in [4.69, 9.17) is 9.47 Å². The molecule has 0 radical (unpaired) electrons. The van der Waals surface area contributed by atoms with Crippen molar-refractivity contribution in [1.29, 1.82) is 0 Å². The Morgan fingerprint density at radius 2 is 1.71 bits per heavy atom. The molecule has 3 aromatic carbocycles. The minimum absolute atomic E-state index is 0.310. The molecule has 0 aliphatic heterocycles. The summed E-state index contributed by atoms with van der Waals surface area (Å²) < 4.78 is 11.6. The summed E-state index contributed by atoms with van der Waals surface area (Å²) in [7, 11) is 1.73. The van der Waals surface area contributed by atoms with Crippen LogP contribution in [0, 0.1) is 5.92 Å². The van der Waals surface area contributed by atoms with E-state index in [0.717, 1.165) is 62.6 Å². The van der Waals surface area contributed by atoms with E-state index in [9.17, 15) is 5.11 Å². The Bertz CT molecular complexity index is 1240. The normalized spacial score (nSPS) is 18.0. The van der Waals surface area contributed by atoms with Gasteiger partial charge in [0.15, 0.2) is 0 Å². The molecule has 3 aromatic rings. The molecule has 0 aromatic heterocycles. The Morgan fingerprint density at radius 1 is 0.902 bits per heavy atom. The molecule has 2 aliphatic rings. The van der Waals surface area contributed by atoms with Crippen molar-refractivity contribution in [3.8, 4) is 17.2 Å². The van der Waals surface area contributed by atoms with Gasteiger partial charge in [-0.25, -0.2) is 0 Å². The number of fused-ring (bicyclic) bond motifs is 1. The standard InChI is InChI=1S/C36H48N2O3/c1-3-31(21-26-9-15-33(16-10-26)41-20-19-37-25-27-7-5-4-6-8-27)38-36-24-34(40-2)17-18-35(36)30-12-11-29-23-32(39)14-13-28(29)22-30/h9-10,13-18,23-24,27,30-31,37-39H,3-8,11-12,19-22,25H2,1-2H3. The lowest BCUT2D eigenvalue weighted by atomic mass is 9.79. The topological polar surface area (TPSA) is 62.8 Å². The maximum Gasteiger partial charge on any atom is 0.120 e. The second kappa shape index (κ2) is 14.6. The van der Waals surface area contributed by atoms with Crippen LogP contribution < -0.4 is 20.1 Å². The minimum atomic E-state index is 0.310. The molecule has 0 heterocycles. The lowest BCUT2D eigenvalue weighted by Crippen LogP contribution is -2.28. The maximum absolute atomic E-state index is 9.90. The third-order valence-corrected chi connectivity index (χ3v) is 9.08. The van der Waals surface area contributed by atoms with Crippen molar-refractivity contribution in [3.63, 3.8) is 0 Å². The molecule has 1 fully saturated rings. The number of rotatable bonds is 13. The number of hydrogen-bond donors (Lipinski definition) is 3. The molecule has 0 amide bonds. The zero-order valence-corrected chi connectivity index (χ0v) is 25.0. The number of methoxy groups -OCH3 is 1. The maximum atomic E-state index is 9.90. The summed E-state index contributed by atoms with van der Waals surface area (Å²) in [6.45, 7) is 4.98. The molecule has 1 saturated carbocycles. The highest BCUT2D eigenvalue weighted by Gasteiger charge is 2.24. The molecule has 220 valence electrons. The molecule has 5 nitrogen and oxygen atoms in total. The third kappa shape index (κ3) is 8.19. The fourth-order valence-electron chi connectivity index (χ4n) is 6.61. The Morgan fingerprint density at radius 3 is 2.49 bits per heavy atom. The van der Waals surface area contributed by atoms with Crippen LogP contribution >= 0.6 is 0 Å². The quantitative estimate of drug-likeness (QED) is 0.189. The van der Waals surface area contributed by atoms with E-state index >= 15 is 0 Å². The number of nitrogens with one attached hydrogen (secondary N) is 2. The number of ether oxygens (including phenoxy) is 2. The van der Waals surface area contributed by atoms with Gasteiger partial charge in [0.25, 0.3) is 0 Å². The minimum Gasteiger partial charge on any atom is -0.508 e. The van der Waals surface area contributed by atoms with Gasteiger partial charge in [0.2, 0.25) is 0 Å². The first kappa shape index (κ1) is 29.3. The van der Waals surface area contributed by atoms with Crippen LogP contribution in [0.15, 0.2) is 60.7 Å². The van der Waals surface area contributed by atoms with Gasteiger partial charge in [-0.1, -0.05) is 50.5 Å². The van der Waals surface area contributed by atoms with Gasteiger partial charge in [0, 0.05) is 24.3 Å². The van der Waals surface area contributed by atoms with Gasteiger partial charge in [-0.2, -0.15) is 0 Å². The number of phenolic OH excluding ortho intramolecular Hbond substituents is 1. The van der Waals surface area contributed by atoms with Crippen LogP contribution in [0.2, 0.25) is 0 Å². The molecule has 0 bridgehead atoms. The van der Waals surface area contributed by atoms with Crippen LogP contribution in [-0.2, 0) is 19.3 Å². The Kier molecular flexibility index (Phi) is 10.5. The summed E-state index contributed by atoms with van der Waals surface area (Å²) in [4.78, 5) is 0. The van der Waals surface area contributed by atoms with E-state index in [1.54, 1.807) is 7.11 Å². The zero-order valence-electron chi connectivity index (χ0n) is 25.0. The molecule has 0 saturated heterocycles. The Balaban J connectivity index is 1.16. The van der Waals surface area contributed by atoms with Gasteiger partial charge < -0.3 is 25.2 Å². The number of benzene rings is 3. The van der Waals surface area contributed by atoms with E-state index in [1.807, 2.05) is 12.1 Å². The van der Waals surface area contributed by atoms with Gasteiger partial charge in [0.05, 0.1) is 7.11 Å². The van der Waals surface area contributed by atoms with Crippen molar-refractivity contribution in [2.45, 2.75) is 83.1 Å². The number of aromatic hydroxyl groups is 1. The summed E-state index contributed by atoms with van der Waals surface area (Å²) in [5.41, 5.74) is 6.45. The smallest absolute Gasteiger partial charge is 0.120 e. The van der Waals surface area contributed by atoms with E-state index in [2.05, 4.69) is 66.1 Å². The molecule has 2 aliphatic carbocycles. The summed E-state index contributed by atoms with van der Waals surface area (Å²) in [5.74, 6) is 3.47. The monoisotopic (exact) mass is 556 g/mol. The molecular formula is C36H48N2O3. The molecule has 2 atom stereocenters. The average molecular weight is 557 g/mol. The number of aryl methyl sites for hydroxylation is 1. The molecule has 3 N–H and O–H groups in total. The van der Waals surface area contributed by atoms with Crippen LogP contribution in [-0.4, -0.2) is 38.0 Å². The average Bonchev–Trinajstić information content (AvgIpc) is 3.01. The van der Waals surface area contributed by atoms with Crippen molar-refractivity contribution in [3.05, 3.63) is 82.9 Å². The van der Waals surface area contributed by atoms with Crippen molar-refractivity contribution in [2.75, 3.05) is 32.1 Å². The van der Waals surface area contributed by atoms with Crippen LogP contribution in [0.5, 0.6) is 17.2 Å². The summed E-state index contributed by atoms with van der Waals surface area (Å²) in [6, 6.07) is 21.2. The summed E-state index contributed by atoms with van der Waals surface area (Å²) in [5, 5.41) is 17.4. The molecule has 41 heavy (non-hydrogen) atoms. The highest BCUT2D eigenvalue weighted by Crippen LogP contribution is 2.39. The number of anilines is 1. The Labute approximate surface area is 246 Å². The largest absolute Gasteiger partial charge is 0.508 e. The highest BCUT2D eigenvalue weighted by molar-refractivity contribution is 5.58. The van der Waals surface area contributed by atoms with Gasteiger partial charge in [-0.05, 0) is 116 Å². The van der Waals surface area contributed by atoms with Crippen molar-refractivity contribution in [1.82, 2.24) is 5.32 Å². The van der Waals surface area contributed by atoms with Crippen molar-refractivity contribution in [2.24, 2.45) is 5.92 Å². The molecule has 0 spiro atoms. The number of hydrogen-bond acceptors (Lipinski definition) is 5. The molecule has 5 rings (SSSR count). The fourth-order valence-corrected chi connectivity index (χ4v) is 6.61. The van der Waals surface area contributed by atoms with Crippen LogP contribution in [0.3, 0.4) is 0 Å². The van der Waals surface area contributed by atoms with Gasteiger partial charge >= 0.3 is 0 Å². The predicted octanol–water partition coefficient (Wildman–Crippen LogP) is 7.66. The summed E-state index contributed by atoms with van der Waals surface area (Å²) >= 11 is 0. The first-order valence-electron chi connectivity index (χ1n) is 15.8. The molecule has 5 heteroatoms. The fraction of sp³-hybridized carbons (Fsp3) is 0.500.